The molecule has 2 aliphatic carbocycles. The highest BCUT2D eigenvalue weighted by atomic mass is 15.0. The number of aryl methyl sites for hydroxylation is 1. The maximum Gasteiger partial charge on any atom is 0.0368 e. The monoisotopic (exact) mass is 271 g/mol. The van der Waals surface area contributed by atoms with E-state index in [2.05, 4.69) is 57.3 Å². The minimum Gasteiger partial charge on any atom is -0.381 e. The molecule has 1 N–H and O–H groups in total. The first-order chi connectivity index (χ1) is 9.45. The van der Waals surface area contributed by atoms with Gasteiger partial charge in [-0.2, -0.15) is 0 Å². The van der Waals surface area contributed by atoms with Crippen LogP contribution >= 0.6 is 0 Å². The zero-order valence-corrected chi connectivity index (χ0v) is 13.5. The number of benzene rings is 1. The number of fused-ring (bicyclic) bond motifs is 2. The molecule has 1 aromatic rings. The molecule has 1 heteroatoms. The van der Waals surface area contributed by atoms with Gasteiger partial charge in [-0.15, -0.1) is 0 Å². The highest BCUT2D eigenvalue weighted by Crippen LogP contribution is 2.63. The Morgan fingerprint density at radius 1 is 1.15 bits per heavy atom. The van der Waals surface area contributed by atoms with Crippen molar-refractivity contribution < 1.29 is 0 Å². The summed E-state index contributed by atoms with van der Waals surface area (Å²) in [5, 5.41) is 3.87. The molecule has 0 amide bonds. The van der Waals surface area contributed by atoms with E-state index >= 15 is 0 Å². The molecule has 0 spiro atoms. The van der Waals surface area contributed by atoms with Gasteiger partial charge in [0.1, 0.15) is 0 Å². The summed E-state index contributed by atoms with van der Waals surface area (Å²) >= 11 is 0. The summed E-state index contributed by atoms with van der Waals surface area (Å²) in [6.07, 6.45) is 6.65. The van der Waals surface area contributed by atoms with Crippen LogP contribution in [0, 0.1) is 16.7 Å². The first-order valence-electron chi connectivity index (χ1n) is 8.31. The molecule has 110 valence electrons. The summed E-state index contributed by atoms with van der Waals surface area (Å²) in [7, 11) is 0. The van der Waals surface area contributed by atoms with Crippen molar-refractivity contribution in [2.24, 2.45) is 16.7 Å². The lowest BCUT2D eigenvalue weighted by molar-refractivity contribution is 0.155. The summed E-state index contributed by atoms with van der Waals surface area (Å²) < 4.78 is 0. The van der Waals surface area contributed by atoms with Crippen LogP contribution in [0.2, 0.25) is 0 Å². The van der Waals surface area contributed by atoms with Crippen molar-refractivity contribution in [3.63, 3.8) is 0 Å². The lowest BCUT2D eigenvalue weighted by Crippen LogP contribution is -2.45. The lowest BCUT2D eigenvalue weighted by atomic mass is 9.68. The first-order valence-corrected chi connectivity index (χ1v) is 8.31. The number of anilines is 1. The number of rotatable bonds is 4. The van der Waals surface area contributed by atoms with Gasteiger partial charge in [-0.3, -0.25) is 0 Å². The Labute approximate surface area is 124 Å². The average Bonchev–Trinajstić information content (AvgIpc) is 2.88. The van der Waals surface area contributed by atoms with E-state index in [1.54, 1.807) is 0 Å². The Kier molecular flexibility index (Phi) is 3.35. The molecule has 1 aromatic carbocycles. The Morgan fingerprint density at radius 3 is 2.40 bits per heavy atom. The van der Waals surface area contributed by atoms with Crippen LogP contribution in [-0.2, 0) is 6.42 Å². The van der Waals surface area contributed by atoms with Crippen molar-refractivity contribution in [1.29, 1.82) is 0 Å². The lowest BCUT2D eigenvalue weighted by Gasteiger charge is -2.43. The molecule has 2 aliphatic rings. The highest BCUT2D eigenvalue weighted by molar-refractivity contribution is 5.47. The van der Waals surface area contributed by atoms with Crippen molar-refractivity contribution in [1.82, 2.24) is 0 Å². The first kappa shape index (κ1) is 14.0. The third-order valence-corrected chi connectivity index (χ3v) is 6.07. The van der Waals surface area contributed by atoms with Crippen LogP contribution in [-0.4, -0.2) is 6.04 Å². The molecule has 0 radical (unpaired) electrons. The highest BCUT2D eigenvalue weighted by Gasteiger charge is 2.59. The van der Waals surface area contributed by atoms with Crippen LogP contribution in [0.4, 0.5) is 5.69 Å². The fraction of sp³-hybridized carbons (Fsp3) is 0.684. The van der Waals surface area contributed by atoms with Crippen molar-refractivity contribution in [3.05, 3.63) is 29.8 Å². The van der Waals surface area contributed by atoms with Gasteiger partial charge in [-0.1, -0.05) is 46.2 Å². The minimum atomic E-state index is 0.426. The fourth-order valence-corrected chi connectivity index (χ4v) is 4.89. The van der Waals surface area contributed by atoms with E-state index in [1.165, 1.54) is 43.4 Å². The van der Waals surface area contributed by atoms with E-state index < -0.39 is 0 Å². The van der Waals surface area contributed by atoms with Gasteiger partial charge in [0.2, 0.25) is 0 Å². The molecule has 2 saturated carbocycles. The van der Waals surface area contributed by atoms with Gasteiger partial charge in [-0.25, -0.2) is 0 Å². The van der Waals surface area contributed by atoms with E-state index in [9.17, 15) is 0 Å². The molecule has 3 rings (SSSR count). The molecule has 2 bridgehead atoms. The predicted molar refractivity (Wildman–Crippen MR) is 87.1 cm³/mol. The Balaban J connectivity index is 1.77. The zero-order valence-electron chi connectivity index (χ0n) is 13.5. The minimum absolute atomic E-state index is 0.426. The average molecular weight is 271 g/mol. The fourth-order valence-electron chi connectivity index (χ4n) is 4.89. The van der Waals surface area contributed by atoms with E-state index in [1.807, 2.05) is 0 Å². The summed E-state index contributed by atoms with van der Waals surface area (Å²) in [4.78, 5) is 0. The van der Waals surface area contributed by atoms with Crippen LogP contribution in [0.3, 0.4) is 0 Å². The van der Waals surface area contributed by atoms with Crippen molar-refractivity contribution in [2.45, 2.75) is 65.8 Å². The molecule has 3 unspecified atom stereocenters. The number of nitrogens with one attached hydrogen (secondary N) is 1. The normalized spacial score (nSPS) is 34.4. The number of hydrogen-bond donors (Lipinski definition) is 1. The van der Waals surface area contributed by atoms with Crippen LogP contribution in [0.1, 0.15) is 58.9 Å². The van der Waals surface area contributed by atoms with Crippen LogP contribution in [0.5, 0.6) is 0 Å². The maximum absolute atomic E-state index is 3.87. The molecule has 1 nitrogen and oxygen atoms in total. The van der Waals surface area contributed by atoms with Gasteiger partial charge in [0, 0.05) is 11.7 Å². The summed E-state index contributed by atoms with van der Waals surface area (Å²) in [6, 6.07) is 9.74. The van der Waals surface area contributed by atoms with Crippen molar-refractivity contribution in [2.75, 3.05) is 5.32 Å². The molecule has 0 aromatic heterocycles. The van der Waals surface area contributed by atoms with E-state index in [0.717, 1.165) is 5.92 Å². The van der Waals surface area contributed by atoms with Gasteiger partial charge in [0.25, 0.3) is 0 Å². The smallest absolute Gasteiger partial charge is 0.0368 e. The van der Waals surface area contributed by atoms with E-state index in [4.69, 9.17) is 0 Å². The molecule has 3 atom stereocenters. The zero-order chi connectivity index (χ0) is 14.4. The Bertz CT molecular complexity index is 468. The van der Waals surface area contributed by atoms with Gasteiger partial charge >= 0.3 is 0 Å². The number of hydrogen-bond acceptors (Lipinski definition) is 1. The second kappa shape index (κ2) is 4.79. The predicted octanol–water partition coefficient (Wildman–Crippen LogP) is 5.27. The van der Waals surface area contributed by atoms with Crippen LogP contribution in [0.25, 0.3) is 0 Å². The standard InChI is InChI=1S/C19H29N/c1-5-6-14-7-9-16(10-8-14)20-17-18(2,3)15-11-12-19(17,4)13-15/h7-10,15,17,20H,5-6,11-13H2,1-4H3. The van der Waals surface area contributed by atoms with Gasteiger partial charge in [-0.05, 0) is 60.1 Å². The van der Waals surface area contributed by atoms with Crippen molar-refractivity contribution in [3.8, 4) is 0 Å². The third-order valence-electron chi connectivity index (χ3n) is 6.07. The van der Waals surface area contributed by atoms with Gasteiger partial charge in [0.15, 0.2) is 0 Å². The quantitative estimate of drug-likeness (QED) is 0.787. The molecular weight excluding hydrogens is 242 g/mol. The second-order valence-corrected chi connectivity index (χ2v) is 7.94. The maximum atomic E-state index is 3.87. The second-order valence-electron chi connectivity index (χ2n) is 7.94. The largest absolute Gasteiger partial charge is 0.381 e. The molecule has 0 saturated heterocycles. The van der Waals surface area contributed by atoms with Crippen LogP contribution in [0.15, 0.2) is 24.3 Å². The summed E-state index contributed by atoms with van der Waals surface area (Å²) in [5.41, 5.74) is 3.68. The molecular formula is C19H29N. The van der Waals surface area contributed by atoms with E-state index in [-0.39, 0.29) is 0 Å². The third kappa shape index (κ3) is 2.16. The van der Waals surface area contributed by atoms with Crippen LogP contribution < -0.4 is 5.32 Å². The molecule has 0 aliphatic heterocycles. The molecule has 20 heavy (non-hydrogen) atoms. The van der Waals surface area contributed by atoms with Gasteiger partial charge < -0.3 is 5.32 Å². The molecule has 2 fully saturated rings. The Hall–Kier alpha value is -0.980. The summed E-state index contributed by atoms with van der Waals surface area (Å²) in [6.45, 7) is 9.66. The summed E-state index contributed by atoms with van der Waals surface area (Å²) in [5.74, 6) is 0.907. The Morgan fingerprint density at radius 2 is 1.85 bits per heavy atom. The van der Waals surface area contributed by atoms with Crippen molar-refractivity contribution >= 4 is 5.69 Å². The van der Waals surface area contributed by atoms with E-state index in [0.29, 0.717) is 16.9 Å². The SMILES string of the molecule is CCCc1ccc(NC2C3(C)CCC(C3)C2(C)C)cc1. The van der Waals surface area contributed by atoms with Gasteiger partial charge in [0.05, 0.1) is 0 Å². The topological polar surface area (TPSA) is 12.0 Å². The molecule has 0 heterocycles.